The molecule has 0 aromatic carbocycles. The first kappa shape index (κ1) is 15.5. The standard InChI is InChI=1S/C12H14Cl2O3S/c1-5-17-11(16)7-6(8(15)12(2,3)4)9(13)18-10(7)14/h5H2,1-4H3. The monoisotopic (exact) mass is 308 g/mol. The summed E-state index contributed by atoms with van der Waals surface area (Å²) in [5, 5.41) is 0. The van der Waals surface area contributed by atoms with Crippen LogP contribution in [-0.2, 0) is 4.74 Å². The van der Waals surface area contributed by atoms with Gasteiger partial charge in [-0.3, -0.25) is 4.79 Å². The predicted molar refractivity (Wildman–Crippen MR) is 74.1 cm³/mol. The van der Waals surface area contributed by atoms with Crippen LogP contribution in [0, 0.1) is 5.41 Å². The number of esters is 1. The number of ketones is 1. The minimum Gasteiger partial charge on any atom is -0.462 e. The number of hydrogen-bond donors (Lipinski definition) is 0. The van der Waals surface area contributed by atoms with Gasteiger partial charge in [0.15, 0.2) is 5.78 Å². The minimum atomic E-state index is -0.644. The maximum Gasteiger partial charge on any atom is 0.341 e. The molecule has 6 heteroatoms. The summed E-state index contributed by atoms with van der Waals surface area (Å²) in [5.74, 6) is -0.836. The lowest BCUT2D eigenvalue weighted by Crippen LogP contribution is -2.22. The minimum absolute atomic E-state index is 0.0773. The van der Waals surface area contributed by atoms with Crippen molar-refractivity contribution in [1.82, 2.24) is 0 Å². The van der Waals surface area contributed by atoms with Crippen LogP contribution in [0.1, 0.15) is 48.4 Å². The maximum atomic E-state index is 12.3. The summed E-state index contributed by atoms with van der Waals surface area (Å²) < 4.78 is 5.31. The Bertz CT molecular complexity index is 486. The number of halogens is 2. The van der Waals surface area contributed by atoms with Gasteiger partial charge >= 0.3 is 5.97 Å². The Morgan fingerprint density at radius 1 is 1.17 bits per heavy atom. The quantitative estimate of drug-likeness (QED) is 0.611. The molecule has 3 nitrogen and oxygen atoms in total. The SMILES string of the molecule is CCOC(=O)c1c(Cl)sc(Cl)c1C(=O)C(C)(C)C. The van der Waals surface area contributed by atoms with E-state index in [2.05, 4.69) is 0 Å². The van der Waals surface area contributed by atoms with Gasteiger partial charge in [-0.2, -0.15) is 0 Å². The van der Waals surface area contributed by atoms with Crippen molar-refractivity contribution < 1.29 is 14.3 Å². The number of carbonyl (C=O) groups is 2. The van der Waals surface area contributed by atoms with Crippen LogP contribution in [0.25, 0.3) is 0 Å². The molecule has 1 aromatic heterocycles. The highest BCUT2D eigenvalue weighted by atomic mass is 35.5. The first-order valence-electron chi connectivity index (χ1n) is 5.39. The lowest BCUT2D eigenvalue weighted by Gasteiger charge is -2.17. The third-order valence-corrected chi connectivity index (χ3v) is 3.82. The molecule has 18 heavy (non-hydrogen) atoms. The van der Waals surface area contributed by atoms with Gasteiger partial charge in [0.25, 0.3) is 0 Å². The van der Waals surface area contributed by atoms with Crippen LogP contribution in [0.2, 0.25) is 8.67 Å². The average Bonchev–Trinajstić information content (AvgIpc) is 2.51. The molecule has 1 heterocycles. The van der Waals surface area contributed by atoms with Crippen LogP contribution >= 0.6 is 34.5 Å². The molecule has 0 radical (unpaired) electrons. The zero-order valence-electron chi connectivity index (χ0n) is 10.6. The third kappa shape index (κ3) is 3.05. The van der Waals surface area contributed by atoms with E-state index in [1.54, 1.807) is 27.7 Å². The van der Waals surface area contributed by atoms with Gasteiger partial charge in [0.05, 0.1) is 12.2 Å². The number of Topliss-reactive ketones (excluding diaryl/α,β-unsaturated/α-hetero) is 1. The predicted octanol–water partition coefficient (Wildman–Crippen LogP) is 4.46. The normalized spacial score (nSPS) is 11.4. The largest absolute Gasteiger partial charge is 0.462 e. The van der Waals surface area contributed by atoms with Gasteiger partial charge in [0.1, 0.15) is 14.2 Å². The van der Waals surface area contributed by atoms with Gasteiger partial charge in [0.2, 0.25) is 0 Å². The molecule has 1 aromatic rings. The summed E-state index contributed by atoms with van der Waals surface area (Å²) >= 11 is 13.0. The topological polar surface area (TPSA) is 43.4 Å². The zero-order valence-corrected chi connectivity index (χ0v) is 12.9. The van der Waals surface area contributed by atoms with Crippen molar-refractivity contribution in [2.45, 2.75) is 27.7 Å². The Morgan fingerprint density at radius 3 is 2.11 bits per heavy atom. The number of thiophene rings is 1. The first-order chi connectivity index (χ1) is 8.20. The molecule has 0 saturated heterocycles. The third-order valence-electron chi connectivity index (χ3n) is 2.21. The number of rotatable bonds is 3. The molecule has 0 N–H and O–H groups in total. The van der Waals surface area contributed by atoms with Crippen molar-refractivity contribution in [1.29, 1.82) is 0 Å². The van der Waals surface area contributed by atoms with Crippen molar-refractivity contribution in [2.24, 2.45) is 5.41 Å². The number of carbonyl (C=O) groups excluding carboxylic acids is 2. The zero-order chi connectivity index (χ0) is 14.1. The molecular weight excluding hydrogens is 295 g/mol. The molecular formula is C12H14Cl2O3S. The van der Waals surface area contributed by atoms with E-state index in [9.17, 15) is 9.59 Å². The molecule has 0 amide bonds. The molecule has 0 fully saturated rings. The molecule has 0 aliphatic carbocycles. The van der Waals surface area contributed by atoms with Gasteiger partial charge in [-0.1, -0.05) is 44.0 Å². The fraction of sp³-hybridized carbons (Fsp3) is 0.500. The Labute approximate surface area is 120 Å². The van der Waals surface area contributed by atoms with Gasteiger partial charge in [-0.15, -0.1) is 11.3 Å². The van der Waals surface area contributed by atoms with Gasteiger partial charge in [-0.25, -0.2) is 4.79 Å². The van der Waals surface area contributed by atoms with Gasteiger partial charge < -0.3 is 4.74 Å². The molecule has 0 bridgehead atoms. The molecule has 0 spiro atoms. The van der Waals surface area contributed by atoms with Crippen molar-refractivity contribution in [3.8, 4) is 0 Å². The van der Waals surface area contributed by atoms with E-state index in [1.807, 2.05) is 0 Å². The molecule has 0 aliphatic heterocycles. The van der Waals surface area contributed by atoms with E-state index >= 15 is 0 Å². The second kappa shape index (κ2) is 5.59. The molecule has 100 valence electrons. The highest BCUT2D eigenvalue weighted by molar-refractivity contribution is 7.20. The lowest BCUT2D eigenvalue weighted by atomic mass is 9.86. The summed E-state index contributed by atoms with van der Waals surface area (Å²) in [5.41, 5.74) is -0.402. The summed E-state index contributed by atoms with van der Waals surface area (Å²) in [4.78, 5) is 24.1. The van der Waals surface area contributed by atoms with Crippen LogP contribution < -0.4 is 0 Å². The second-order valence-electron chi connectivity index (χ2n) is 4.70. The van der Waals surface area contributed by atoms with Crippen LogP contribution in [-0.4, -0.2) is 18.4 Å². The van der Waals surface area contributed by atoms with Crippen LogP contribution in [0.3, 0.4) is 0 Å². The van der Waals surface area contributed by atoms with E-state index in [-0.39, 0.29) is 32.2 Å². The fourth-order valence-electron chi connectivity index (χ4n) is 1.34. The Hall–Kier alpha value is -0.580. The molecule has 0 saturated carbocycles. The van der Waals surface area contributed by atoms with Crippen molar-refractivity contribution in [3.05, 3.63) is 19.8 Å². The molecule has 1 rings (SSSR count). The van der Waals surface area contributed by atoms with E-state index in [0.717, 1.165) is 11.3 Å². The summed E-state index contributed by atoms with van der Waals surface area (Å²) in [6, 6.07) is 0. The highest BCUT2D eigenvalue weighted by Crippen LogP contribution is 2.40. The summed E-state index contributed by atoms with van der Waals surface area (Å²) in [7, 11) is 0. The first-order valence-corrected chi connectivity index (χ1v) is 6.97. The molecule has 0 atom stereocenters. The van der Waals surface area contributed by atoms with Crippen molar-refractivity contribution >= 4 is 46.3 Å². The summed E-state index contributed by atoms with van der Waals surface area (Å²) in [6.07, 6.45) is 0. The average molecular weight is 309 g/mol. The second-order valence-corrected chi connectivity index (χ2v) is 6.92. The number of hydrogen-bond acceptors (Lipinski definition) is 4. The number of ether oxygens (including phenoxy) is 1. The van der Waals surface area contributed by atoms with E-state index in [0.29, 0.717) is 0 Å². The molecule has 0 unspecified atom stereocenters. The smallest absolute Gasteiger partial charge is 0.341 e. The van der Waals surface area contributed by atoms with Gasteiger partial charge in [-0.05, 0) is 6.92 Å². The van der Waals surface area contributed by atoms with Crippen LogP contribution in [0.4, 0.5) is 0 Å². The summed E-state index contributed by atoms with van der Waals surface area (Å²) in [6.45, 7) is 7.17. The van der Waals surface area contributed by atoms with E-state index in [1.165, 1.54) is 0 Å². The van der Waals surface area contributed by atoms with Crippen molar-refractivity contribution in [2.75, 3.05) is 6.61 Å². The van der Waals surface area contributed by atoms with Crippen LogP contribution in [0.5, 0.6) is 0 Å². The van der Waals surface area contributed by atoms with Crippen molar-refractivity contribution in [3.63, 3.8) is 0 Å². The van der Waals surface area contributed by atoms with E-state index < -0.39 is 11.4 Å². The molecule has 0 aliphatic rings. The van der Waals surface area contributed by atoms with Gasteiger partial charge in [0, 0.05) is 5.41 Å². The Kier molecular flexibility index (Phi) is 4.81. The Balaban J connectivity index is 3.36. The lowest BCUT2D eigenvalue weighted by molar-refractivity contribution is 0.0522. The highest BCUT2D eigenvalue weighted by Gasteiger charge is 2.33. The Morgan fingerprint density at radius 2 is 1.67 bits per heavy atom. The maximum absolute atomic E-state index is 12.3. The van der Waals surface area contributed by atoms with Crippen LogP contribution in [0.15, 0.2) is 0 Å². The van der Waals surface area contributed by atoms with E-state index in [4.69, 9.17) is 27.9 Å². The fourth-order valence-corrected chi connectivity index (χ4v) is 3.02.